The monoisotopic (exact) mass is 190 g/mol. The Labute approximate surface area is 75.8 Å². The average molecular weight is 190 g/mol. The quantitative estimate of drug-likeness (QED) is 0.571. The first-order chi connectivity index (χ1) is 4.69. The third kappa shape index (κ3) is 3.53. The zero-order chi connectivity index (χ0) is 9.28. The Balaban J connectivity index is 4.43. The molecule has 0 radical (unpaired) electrons. The second-order valence-corrected chi connectivity index (χ2v) is 11.5. The van der Waals surface area contributed by atoms with E-state index in [2.05, 4.69) is 41.5 Å². The fourth-order valence-corrected chi connectivity index (χ4v) is 10.3. The molecule has 0 unspecified atom stereocenters. The van der Waals surface area contributed by atoms with E-state index in [1.54, 1.807) is 0 Å². The molecule has 3 heteroatoms. The maximum Gasteiger partial charge on any atom is 0.173 e. The molecule has 68 valence electrons. The molecule has 0 heterocycles. The number of hydrogen-bond donors (Lipinski definition) is 0. The Kier molecular flexibility index (Phi) is 3.53. The van der Waals surface area contributed by atoms with Gasteiger partial charge in [0.1, 0.15) is 10.5 Å². The van der Waals surface area contributed by atoms with Crippen molar-refractivity contribution in [2.24, 2.45) is 0 Å². The fraction of sp³-hybridized carbons (Fsp3) is 1.00. The molecule has 0 amide bonds. The van der Waals surface area contributed by atoms with Crippen LogP contribution in [0.2, 0.25) is 10.1 Å². The van der Waals surface area contributed by atoms with E-state index in [0.29, 0.717) is 10.1 Å². The Morgan fingerprint density at radius 3 is 1.18 bits per heavy atom. The summed E-state index contributed by atoms with van der Waals surface area (Å²) in [6, 6.07) is 0. The van der Waals surface area contributed by atoms with Crippen LogP contribution in [0, 0.1) is 0 Å². The van der Waals surface area contributed by atoms with Crippen molar-refractivity contribution in [1.82, 2.24) is 0 Å². The van der Waals surface area contributed by atoms with E-state index in [1.165, 1.54) is 0 Å². The highest BCUT2D eigenvalue weighted by Gasteiger charge is 2.36. The standard InChI is InChI=1S/C8H22OSi2/c1-7(2,3)11(9-10)8(4,5)6/h11H,1-6,10H3. The van der Waals surface area contributed by atoms with Gasteiger partial charge in [0, 0.05) is 0 Å². The summed E-state index contributed by atoms with van der Waals surface area (Å²) in [5.41, 5.74) is 0. The van der Waals surface area contributed by atoms with Crippen molar-refractivity contribution in [3.8, 4) is 0 Å². The summed E-state index contributed by atoms with van der Waals surface area (Å²) in [6.07, 6.45) is 0. The predicted molar refractivity (Wildman–Crippen MR) is 57.6 cm³/mol. The van der Waals surface area contributed by atoms with Crippen molar-refractivity contribution in [2.45, 2.75) is 51.6 Å². The van der Waals surface area contributed by atoms with Gasteiger partial charge in [-0.1, -0.05) is 41.5 Å². The molecule has 0 aliphatic rings. The molecule has 0 rings (SSSR count). The van der Waals surface area contributed by atoms with Gasteiger partial charge in [0.2, 0.25) is 0 Å². The van der Waals surface area contributed by atoms with Gasteiger partial charge in [-0.2, -0.15) is 0 Å². The second kappa shape index (κ2) is 3.41. The van der Waals surface area contributed by atoms with Crippen LogP contribution in [0.15, 0.2) is 0 Å². The first-order valence-corrected chi connectivity index (χ1v) is 6.66. The van der Waals surface area contributed by atoms with Crippen LogP contribution < -0.4 is 0 Å². The van der Waals surface area contributed by atoms with Gasteiger partial charge in [-0.3, -0.25) is 0 Å². The summed E-state index contributed by atoms with van der Waals surface area (Å²) in [4.78, 5) is 0. The SMILES string of the molecule is CC(C)(C)[SiH](O[SiH3])C(C)(C)C. The minimum atomic E-state index is -1.03. The third-order valence-corrected chi connectivity index (χ3v) is 6.84. The highest BCUT2D eigenvalue weighted by molar-refractivity contribution is 6.61. The van der Waals surface area contributed by atoms with Crippen molar-refractivity contribution in [2.75, 3.05) is 0 Å². The summed E-state index contributed by atoms with van der Waals surface area (Å²) in [5.74, 6) is 0. The number of hydrogen-bond acceptors (Lipinski definition) is 1. The Bertz CT molecular complexity index is 107. The Morgan fingerprint density at radius 1 is 0.909 bits per heavy atom. The smallest absolute Gasteiger partial charge is 0.173 e. The van der Waals surface area contributed by atoms with E-state index in [9.17, 15) is 0 Å². The van der Waals surface area contributed by atoms with E-state index in [0.717, 1.165) is 10.5 Å². The molecule has 0 aromatic heterocycles. The summed E-state index contributed by atoms with van der Waals surface area (Å²) in [7, 11) is -0.132. The lowest BCUT2D eigenvalue weighted by molar-refractivity contribution is 0.490. The van der Waals surface area contributed by atoms with Gasteiger partial charge < -0.3 is 4.12 Å². The maximum atomic E-state index is 5.76. The minimum absolute atomic E-state index is 0.403. The second-order valence-electron chi connectivity index (χ2n) is 5.35. The number of rotatable bonds is 1. The van der Waals surface area contributed by atoms with Crippen molar-refractivity contribution < 1.29 is 4.12 Å². The zero-order valence-corrected chi connectivity index (χ0v) is 12.1. The van der Waals surface area contributed by atoms with Crippen LogP contribution >= 0.6 is 0 Å². The summed E-state index contributed by atoms with van der Waals surface area (Å²) < 4.78 is 5.76. The zero-order valence-electron chi connectivity index (χ0n) is 8.99. The van der Waals surface area contributed by atoms with Gasteiger partial charge in [-0.15, -0.1) is 0 Å². The third-order valence-electron chi connectivity index (χ3n) is 1.81. The predicted octanol–water partition coefficient (Wildman–Crippen LogP) is 1.61. The van der Waals surface area contributed by atoms with Gasteiger partial charge in [0.15, 0.2) is 9.04 Å². The first-order valence-electron chi connectivity index (χ1n) is 4.22. The van der Waals surface area contributed by atoms with Crippen LogP contribution in [0.3, 0.4) is 0 Å². The van der Waals surface area contributed by atoms with Gasteiger partial charge in [0.05, 0.1) is 0 Å². The molecule has 0 saturated carbocycles. The Morgan fingerprint density at radius 2 is 1.18 bits per heavy atom. The average Bonchev–Trinajstić information content (AvgIpc) is 1.56. The molecule has 0 aromatic rings. The summed E-state index contributed by atoms with van der Waals surface area (Å²) in [5, 5.41) is 0.806. The summed E-state index contributed by atoms with van der Waals surface area (Å²) in [6.45, 7) is 13.8. The molecule has 0 spiro atoms. The molecule has 0 aliphatic heterocycles. The van der Waals surface area contributed by atoms with Crippen molar-refractivity contribution >= 4 is 19.5 Å². The van der Waals surface area contributed by atoms with Crippen molar-refractivity contribution in [3.05, 3.63) is 0 Å². The van der Waals surface area contributed by atoms with E-state index in [4.69, 9.17) is 4.12 Å². The van der Waals surface area contributed by atoms with E-state index in [1.807, 2.05) is 0 Å². The maximum absolute atomic E-state index is 5.76. The molecular weight excluding hydrogens is 168 g/mol. The molecule has 11 heavy (non-hydrogen) atoms. The lowest BCUT2D eigenvalue weighted by Crippen LogP contribution is -2.37. The molecule has 0 aliphatic carbocycles. The van der Waals surface area contributed by atoms with Crippen molar-refractivity contribution in [1.29, 1.82) is 0 Å². The topological polar surface area (TPSA) is 9.23 Å². The molecule has 0 saturated heterocycles. The van der Waals surface area contributed by atoms with Crippen LogP contribution in [-0.2, 0) is 4.12 Å². The highest BCUT2D eigenvalue weighted by Crippen LogP contribution is 2.41. The van der Waals surface area contributed by atoms with Gasteiger partial charge >= 0.3 is 0 Å². The van der Waals surface area contributed by atoms with Crippen LogP contribution in [0.5, 0.6) is 0 Å². The summed E-state index contributed by atoms with van der Waals surface area (Å²) >= 11 is 0. The Hall–Kier alpha value is 0.394. The van der Waals surface area contributed by atoms with E-state index >= 15 is 0 Å². The van der Waals surface area contributed by atoms with Crippen molar-refractivity contribution in [3.63, 3.8) is 0 Å². The van der Waals surface area contributed by atoms with Crippen LogP contribution in [0.4, 0.5) is 0 Å². The largest absolute Gasteiger partial charge is 0.465 e. The first kappa shape index (κ1) is 11.4. The van der Waals surface area contributed by atoms with E-state index in [-0.39, 0.29) is 0 Å². The molecule has 0 aromatic carbocycles. The molecule has 0 atom stereocenters. The highest BCUT2D eigenvalue weighted by atomic mass is 28.3. The van der Waals surface area contributed by atoms with Gasteiger partial charge in [-0.25, -0.2) is 0 Å². The molecule has 0 N–H and O–H groups in total. The van der Waals surface area contributed by atoms with E-state index < -0.39 is 9.04 Å². The molecule has 0 bridgehead atoms. The molecule has 0 fully saturated rings. The van der Waals surface area contributed by atoms with Crippen LogP contribution in [0.25, 0.3) is 0 Å². The molecular formula is C8H22OSi2. The lowest BCUT2D eigenvalue weighted by atomic mass is 10.2. The molecule has 1 nitrogen and oxygen atoms in total. The van der Waals surface area contributed by atoms with Gasteiger partial charge in [0.25, 0.3) is 0 Å². The van der Waals surface area contributed by atoms with Gasteiger partial charge in [-0.05, 0) is 10.1 Å². The minimum Gasteiger partial charge on any atom is -0.465 e. The lowest BCUT2D eigenvalue weighted by Gasteiger charge is -2.37. The van der Waals surface area contributed by atoms with Crippen LogP contribution in [-0.4, -0.2) is 19.5 Å². The normalized spacial score (nSPS) is 14.5. The fourth-order valence-electron chi connectivity index (χ4n) is 2.01. The van der Waals surface area contributed by atoms with Crippen LogP contribution in [0.1, 0.15) is 41.5 Å².